The average Bonchev–Trinajstić information content (AvgIpc) is 3.40. The lowest BCUT2D eigenvalue weighted by molar-refractivity contribution is -0.146. The second kappa shape index (κ2) is 10.8. The van der Waals surface area contributed by atoms with Crippen molar-refractivity contribution in [2.45, 2.75) is 51.1 Å². The van der Waals surface area contributed by atoms with Gasteiger partial charge in [-0.3, -0.25) is 14.5 Å². The van der Waals surface area contributed by atoms with E-state index in [0.29, 0.717) is 39.7 Å². The summed E-state index contributed by atoms with van der Waals surface area (Å²) in [5, 5.41) is 9.79. The van der Waals surface area contributed by atoms with Gasteiger partial charge in [0, 0.05) is 29.7 Å². The molecule has 4 aromatic rings. The van der Waals surface area contributed by atoms with Crippen LogP contribution in [0.3, 0.4) is 0 Å². The average molecular weight is 607 g/mol. The van der Waals surface area contributed by atoms with Crippen molar-refractivity contribution in [2.75, 3.05) is 16.4 Å². The van der Waals surface area contributed by atoms with E-state index in [-0.39, 0.29) is 31.4 Å². The van der Waals surface area contributed by atoms with Crippen LogP contribution in [0.5, 0.6) is 11.5 Å². The second-order valence-corrected chi connectivity index (χ2v) is 12.6. The fourth-order valence-electron chi connectivity index (χ4n) is 7.60. The van der Waals surface area contributed by atoms with E-state index in [1.54, 1.807) is 21.9 Å². The number of aliphatic hydroxyl groups is 1. The van der Waals surface area contributed by atoms with Crippen LogP contribution < -0.4 is 14.5 Å². The molecule has 0 aliphatic carbocycles. The summed E-state index contributed by atoms with van der Waals surface area (Å²) in [6.07, 6.45) is -0.385. The van der Waals surface area contributed by atoms with Gasteiger partial charge in [-0.15, -0.1) is 0 Å². The van der Waals surface area contributed by atoms with Gasteiger partial charge in [-0.05, 0) is 68.3 Å². The van der Waals surface area contributed by atoms with Crippen LogP contribution in [0.2, 0.25) is 0 Å². The number of hydrogen-bond acceptors (Lipinski definition) is 5. The van der Waals surface area contributed by atoms with E-state index in [2.05, 4.69) is 0 Å². The quantitative estimate of drug-likeness (QED) is 0.249. The lowest BCUT2D eigenvalue weighted by Crippen LogP contribution is -2.45. The van der Waals surface area contributed by atoms with Crippen LogP contribution in [0.25, 0.3) is 0 Å². The molecule has 4 aromatic carbocycles. The van der Waals surface area contributed by atoms with E-state index in [1.165, 1.54) is 13.8 Å². The number of hydrogen-bond donors (Lipinski definition) is 1. The lowest BCUT2D eigenvalue weighted by Gasteiger charge is -2.32. The van der Waals surface area contributed by atoms with Crippen LogP contribution in [0.1, 0.15) is 48.7 Å². The zero-order valence-electron chi connectivity index (χ0n) is 25.4. The molecule has 8 heteroatoms. The summed E-state index contributed by atoms with van der Waals surface area (Å²) in [6, 6.07) is 29.7. The Hall–Kier alpha value is -4.53. The lowest BCUT2D eigenvalue weighted by atomic mass is 9.71. The molecule has 3 heterocycles. The van der Waals surface area contributed by atoms with E-state index in [9.17, 15) is 14.7 Å². The predicted octanol–water partition coefficient (Wildman–Crippen LogP) is 7.29. The molecule has 4 atom stereocenters. The smallest absolute Gasteiger partial charge is 0.266 e. The molecule has 230 valence electrons. The largest absolute Gasteiger partial charge is 0.454 e. The topological polar surface area (TPSA) is 79.3 Å². The molecule has 45 heavy (non-hydrogen) atoms. The summed E-state index contributed by atoms with van der Waals surface area (Å²) >= 11 is 0. The van der Waals surface area contributed by atoms with Crippen molar-refractivity contribution >= 4 is 28.9 Å². The van der Waals surface area contributed by atoms with Gasteiger partial charge in [0.15, 0.2) is 11.4 Å². The summed E-state index contributed by atoms with van der Waals surface area (Å²) < 4.78 is 28.4. The number of nitrogens with zero attached hydrogens (tertiary/aromatic N) is 2. The van der Waals surface area contributed by atoms with Gasteiger partial charge in [0.1, 0.15) is 11.4 Å². The molecule has 1 fully saturated rings. The molecule has 3 aliphatic heterocycles. The maximum absolute atomic E-state index is 15.7. The van der Waals surface area contributed by atoms with E-state index in [1.807, 2.05) is 91.9 Å². The number of amides is 2. The van der Waals surface area contributed by atoms with Crippen LogP contribution in [0, 0.1) is 11.8 Å². The molecule has 0 aromatic heterocycles. The molecule has 1 spiro atoms. The van der Waals surface area contributed by atoms with Crippen LogP contribution >= 0.6 is 0 Å². The maximum atomic E-state index is 15.7. The normalized spacial score (nSPS) is 23.9. The first kappa shape index (κ1) is 29.2. The Bertz CT molecular complexity index is 1800. The van der Waals surface area contributed by atoms with Crippen molar-refractivity contribution in [2.24, 2.45) is 11.8 Å². The highest BCUT2D eigenvalue weighted by atomic mass is 19.1. The minimum absolute atomic E-state index is 0.166. The van der Waals surface area contributed by atoms with Gasteiger partial charge in [-0.2, -0.15) is 0 Å². The van der Waals surface area contributed by atoms with Crippen molar-refractivity contribution in [3.63, 3.8) is 0 Å². The molecule has 7 rings (SSSR count). The van der Waals surface area contributed by atoms with Crippen molar-refractivity contribution in [1.29, 1.82) is 0 Å². The zero-order chi connectivity index (χ0) is 31.5. The van der Waals surface area contributed by atoms with E-state index in [0.717, 1.165) is 5.56 Å². The zero-order valence-corrected chi connectivity index (χ0v) is 25.4. The van der Waals surface area contributed by atoms with Crippen molar-refractivity contribution in [1.82, 2.24) is 0 Å². The molecule has 7 nitrogen and oxygen atoms in total. The van der Waals surface area contributed by atoms with E-state index in [4.69, 9.17) is 9.47 Å². The number of halogens is 1. The number of ether oxygens (including phenoxy) is 2. The number of alkyl halides is 1. The van der Waals surface area contributed by atoms with Crippen LogP contribution in [0.4, 0.5) is 21.5 Å². The summed E-state index contributed by atoms with van der Waals surface area (Å²) in [5.41, 5.74) is 0.905. The van der Waals surface area contributed by atoms with Crippen molar-refractivity contribution < 1.29 is 28.6 Å². The number of aliphatic hydroxyl groups excluding tert-OH is 1. The Labute approximate surface area is 261 Å². The highest BCUT2D eigenvalue weighted by molar-refractivity contribution is 6.14. The Morgan fingerprint density at radius 2 is 1.58 bits per heavy atom. The Morgan fingerprint density at radius 3 is 2.33 bits per heavy atom. The monoisotopic (exact) mass is 606 g/mol. The summed E-state index contributed by atoms with van der Waals surface area (Å²) in [7, 11) is 0. The molecule has 1 N–H and O–H groups in total. The van der Waals surface area contributed by atoms with Gasteiger partial charge in [0.25, 0.3) is 11.8 Å². The Kier molecular flexibility index (Phi) is 7.02. The van der Waals surface area contributed by atoms with E-state index >= 15 is 4.39 Å². The number of fused-ring (bicyclic) bond motifs is 4. The number of anilines is 3. The van der Waals surface area contributed by atoms with Gasteiger partial charge < -0.3 is 19.5 Å². The molecule has 3 aliphatic rings. The Balaban J connectivity index is 1.27. The summed E-state index contributed by atoms with van der Waals surface area (Å²) in [5.74, 6) is -0.512. The summed E-state index contributed by atoms with van der Waals surface area (Å²) in [6.45, 7) is 4.96. The minimum Gasteiger partial charge on any atom is -0.454 e. The molecule has 0 saturated carbocycles. The predicted molar refractivity (Wildman–Crippen MR) is 170 cm³/mol. The fourth-order valence-corrected chi connectivity index (χ4v) is 7.60. The second-order valence-electron chi connectivity index (χ2n) is 12.6. The maximum Gasteiger partial charge on any atom is 0.266 e. The molecule has 0 radical (unpaired) electrons. The van der Waals surface area contributed by atoms with Crippen LogP contribution in [-0.4, -0.2) is 35.3 Å². The molecule has 0 bridgehead atoms. The molecule has 2 amide bonds. The molecule has 1 saturated heterocycles. The van der Waals surface area contributed by atoms with Gasteiger partial charge in [0.2, 0.25) is 0 Å². The van der Waals surface area contributed by atoms with Crippen molar-refractivity contribution in [3.8, 4) is 11.5 Å². The van der Waals surface area contributed by atoms with Gasteiger partial charge in [-0.25, -0.2) is 4.39 Å². The number of para-hydroxylation sites is 4. The highest BCUT2D eigenvalue weighted by Crippen LogP contribution is 2.58. The van der Waals surface area contributed by atoms with Gasteiger partial charge in [0.05, 0.1) is 29.6 Å². The third kappa shape index (κ3) is 4.54. The van der Waals surface area contributed by atoms with Gasteiger partial charge in [-0.1, -0.05) is 61.5 Å². The highest BCUT2D eigenvalue weighted by Gasteiger charge is 2.65. The standard InChI is InChI=1S/C37H35FN2O5/c1-23-33(36(2,3)38)32(19-20-41)45-37(23)27-14-5-6-15-28(27)39(35(37)43)22-24-11-10-12-25(21-24)40-29-16-7-9-18-31(29)44-30-17-8-4-13-26(30)34(40)42/h4-18,21,23,32-33,41H,19-20,22H2,1-3H3/t23-,32+,33-,37+/m1/s1. The number of benzene rings is 4. The third-order valence-corrected chi connectivity index (χ3v) is 9.44. The molecular formula is C37H35FN2O5. The first-order valence-electron chi connectivity index (χ1n) is 15.3. The summed E-state index contributed by atoms with van der Waals surface area (Å²) in [4.78, 5) is 31.9. The van der Waals surface area contributed by atoms with Gasteiger partial charge >= 0.3 is 0 Å². The minimum atomic E-state index is -1.63. The number of carbonyl (C=O) groups excluding carboxylic acids is 2. The molecule has 0 unspecified atom stereocenters. The SMILES string of the molecule is C[C@@H]1[C@@H](C(C)(C)F)[C@H](CCO)O[C@@]12C(=O)N(Cc1cccc(N3C(=O)c4ccccc4Oc4ccccc43)c1)c1ccccc12. The van der Waals surface area contributed by atoms with Crippen LogP contribution in [-0.2, 0) is 21.7 Å². The number of rotatable bonds is 6. The van der Waals surface area contributed by atoms with Crippen LogP contribution in [0.15, 0.2) is 97.1 Å². The first-order valence-corrected chi connectivity index (χ1v) is 15.3. The van der Waals surface area contributed by atoms with Crippen molar-refractivity contribution in [3.05, 3.63) is 114 Å². The van der Waals surface area contributed by atoms with E-state index < -0.39 is 29.2 Å². The molecular weight excluding hydrogens is 571 g/mol. The fraction of sp³-hybridized carbons (Fsp3) is 0.297. The Morgan fingerprint density at radius 1 is 0.889 bits per heavy atom. The first-order chi connectivity index (χ1) is 21.6. The number of carbonyl (C=O) groups is 2. The third-order valence-electron chi connectivity index (χ3n) is 9.44.